The minimum Gasteiger partial charge on any atom is -0.495 e. The van der Waals surface area contributed by atoms with E-state index in [4.69, 9.17) is 21.1 Å². The van der Waals surface area contributed by atoms with Crippen molar-refractivity contribution in [3.05, 3.63) is 23.4 Å². The summed E-state index contributed by atoms with van der Waals surface area (Å²) in [5.74, 6) is 0.559. The lowest BCUT2D eigenvalue weighted by Crippen LogP contribution is -1.90. The van der Waals surface area contributed by atoms with Crippen molar-refractivity contribution in [2.24, 2.45) is 0 Å². The van der Waals surface area contributed by atoms with Crippen LogP contribution >= 0.6 is 11.6 Å². The van der Waals surface area contributed by atoms with Crippen LogP contribution in [-0.4, -0.2) is 20.8 Å². The molecule has 0 amide bonds. The van der Waals surface area contributed by atoms with E-state index in [2.05, 4.69) is 6.58 Å². The fraction of sp³-hybridized carbons (Fsp3) is 0.429. The van der Waals surface area contributed by atoms with Gasteiger partial charge in [-0.3, -0.25) is 0 Å². The number of hydrogen-bond acceptors (Lipinski definition) is 2. The standard InChI is InChI=1S/C7H11ClO2/c1-6(8)7(10-3)4-5-9-2/h4H,1,5H2,2-3H3/b7-4+. The summed E-state index contributed by atoms with van der Waals surface area (Å²) in [5, 5.41) is 0.388. The summed E-state index contributed by atoms with van der Waals surface area (Å²) in [6.07, 6.45) is 1.72. The Balaban J connectivity index is 3.91. The Morgan fingerprint density at radius 2 is 2.20 bits per heavy atom. The van der Waals surface area contributed by atoms with Crippen LogP contribution in [0.5, 0.6) is 0 Å². The van der Waals surface area contributed by atoms with Crippen LogP contribution in [0.25, 0.3) is 0 Å². The van der Waals surface area contributed by atoms with Crippen LogP contribution in [0.3, 0.4) is 0 Å². The molecule has 0 saturated heterocycles. The second kappa shape index (κ2) is 5.33. The van der Waals surface area contributed by atoms with Gasteiger partial charge in [-0.1, -0.05) is 18.2 Å². The van der Waals surface area contributed by atoms with Gasteiger partial charge in [-0.25, -0.2) is 0 Å². The maximum atomic E-state index is 5.54. The molecule has 0 aromatic rings. The van der Waals surface area contributed by atoms with Crippen LogP contribution in [0.4, 0.5) is 0 Å². The molecule has 0 bridgehead atoms. The first-order valence-corrected chi connectivity index (χ1v) is 3.18. The summed E-state index contributed by atoms with van der Waals surface area (Å²) in [6, 6.07) is 0. The van der Waals surface area contributed by atoms with Gasteiger partial charge in [0.15, 0.2) is 0 Å². The Morgan fingerprint density at radius 3 is 2.50 bits per heavy atom. The molecule has 0 aliphatic carbocycles. The van der Waals surface area contributed by atoms with E-state index in [9.17, 15) is 0 Å². The van der Waals surface area contributed by atoms with E-state index in [1.54, 1.807) is 13.2 Å². The van der Waals surface area contributed by atoms with Crippen molar-refractivity contribution in [3.63, 3.8) is 0 Å². The lowest BCUT2D eigenvalue weighted by atomic mass is 10.4. The molecule has 0 aromatic carbocycles. The summed E-state index contributed by atoms with van der Waals surface area (Å²) in [7, 11) is 3.13. The number of ether oxygens (including phenoxy) is 2. The molecule has 0 spiro atoms. The number of rotatable bonds is 4. The van der Waals surface area contributed by atoms with Crippen LogP contribution in [-0.2, 0) is 9.47 Å². The largest absolute Gasteiger partial charge is 0.495 e. The van der Waals surface area contributed by atoms with Crippen molar-refractivity contribution in [3.8, 4) is 0 Å². The third kappa shape index (κ3) is 3.54. The lowest BCUT2D eigenvalue weighted by molar-refractivity contribution is 0.225. The predicted octanol–water partition coefficient (Wildman–Crippen LogP) is 1.92. The zero-order chi connectivity index (χ0) is 7.98. The zero-order valence-electron chi connectivity index (χ0n) is 6.19. The fourth-order valence-electron chi connectivity index (χ4n) is 0.464. The van der Waals surface area contributed by atoms with Gasteiger partial charge in [0.1, 0.15) is 5.76 Å². The van der Waals surface area contributed by atoms with Crippen molar-refractivity contribution >= 4 is 11.6 Å². The summed E-state index contributed by atoms with van der Waals surface area (Å²) < 4.78 is 9.63. The second-order valence-electron chi connectivity index (χ2n) is 1.63. The van der Waals surface area contributed by atoms with Crippen molar-refractivity contribution < 1.29 is 9.47 Å². The van der Waals surface area contributed by atoms with E-state index >= 15 is 0 Å². The van der Waals surface area contributed by atoms with E-state index in [-0.39, 0.29) is 0 Å². The van der Waals surface area contributed by atoms with E-state index in [0.29, 0.717) is 17.4 Å². The number of halogens is 1. The highest BCUT2D eigenvalue weighted by molar-refractivity contribution is 6.31. The van der Waals surface area contributed by atoms with Crippen molar-refractivity contribution in [2.75, 3.05) is 20.8 Å². The van der Waals surface area contributed by atoms with Crippen molar-refractivity contribution in [2.45, 2.75) is 0 Å². The van der Waals surface area contributed by atoms with E-state index < -0.39 is 0 Å². The number of hydrogen-bond donors (Lipinski definition) is 0. The molecule has 3 heteroatoms. The lowest BCUT2D eigenvalue weighted by Gasteiger charge is -2.01. The average molecular weight is 163 g/mol. The first-order chi connectivity index (χ1) is 4.72. The topological polar surface area (TPSA) is 18.5 Å². The summed E-state index contributed by atoms with van der Waals surface area (Å²) in [6.45, 7) is 3.98. The quantitative estimate of drug-likeness (QED) is 0.465. The molecule has 0 aliphatic rings. The predicted molar refractivity (Wildman–Crippen MR) is 42.0 cm³/mol. The minimum absolute atomic E-state index is 0.388. The van der Waals surface area contributed by atoms with Crippen molar-refractivity contribution in [1.82, 2.24) is 0 Å². The van der Waals surface area contributed by atoms with Gasteiger partial charge in [-0.15, -0.1) is 0 Å². The van der Waals surface area contributed by atoms with E-state index in [1.165, 1.54) is 7.11 Å². The van der Waals surface area contributed by atoms with Gasteiger partial charge in [0.05, 0.1) is 18.7 Å². The van der Waals surface area contributed by atoms with Gasteiger partial charge in [-0.05, 0) is 6.08 Å². The number of methoxy groups -OCH3 is 2. The highest BCUT2D eigenvalue weighted by Gasteiger charge is 1.95. The molecule has 0 radical (unpaired) electrons. The third-order valence-electron chi connectivity index (χ3n) is 0.923. The van der Waals surface area contributed by atoms with Gasteiger partial charge in [0.25, 0.3) is 0 Å². The monoisotopic (exact) mass is 162 g/mol. The molecular weight excluding hydrogens is 152 g/mol. The van der Waals surface area contributed by atoms with Gasteiger partial charge >= 0.3 is 0 Å². The molecule has 0 heterocycles. The number of allylic oxidation sites excluding steroid dienone is 1. The second-order valence-corrected chi connectivity index (χ2v) is 2.09. The Labute approximate surface area is 66.1 Å². The molecule has 0 fully saturated rings. The Kier molecular flexibility index (Phi) is 5.08. The van der Waals surface area contributed by atoms with Gasteiger partial charge < -0.3 is 9.47 Å². The van der Waals surface area contributed by atoms with Crippen LogP contribution < -0.4 is 0 Å². The minimum atomic E-state index is 0.388. The zero-order valence-corrected chi connectivity index (χ0v) is 6.94. The Bertz CT molecular complexity index is 141. The molecule has 0 rings (SSSR count). The Hall–Kier alpha value is -0.470. The molecule has 0 aromatic heterocycles. The SMILES string of the molecule is C=C(Cl)/C(=C\COC)OC. The summed E-state index contributed by atoms with van der Waals surface area (Å²) >= 11 is 5.54. The molecule has 0 unspecified atom stereocenters. The molecule has 10 heavy (non-hydrogen) atoms. The molecule has 0 aliphatic heterocycles. The third-order valence-corrected chi connectivity index (χ3v) is 1.11. The molecular formula is C7H11ClO2. The highest BCUT2D eigenvalue weighted by Crippen LogP contribution is 2.11. The average Bonchev–Trinajstić information content (AvgIpc) is 1.89. The van der Waals surface area contributed by atoms with Crippen LogP contribution in [0, 0.1) is 0 Å². The molecule has 58 valence electrons. The van der Waals surface area contributed by atoms with Crippen molar-refractivity contribution in [1.29, 1.82) is 0 Å². The summed E-state index contributed by atoms with van der Waals surface area (Å²) in [5.41, 5.74) is 0. The van der Waals surface area contributed by atoms with E-state index in [0.717, 1.165) is 0 Å². The van der Waals surface area contributed by atoms with Gasteiger partial charge in [-0.2, -0.15) is 0 Å². The van der Waals surface area contributed by atoms with Gasteiger partial charge in [0, 0.05) is 7.11 Å². The normalized spacial score (nSPS) is 11.3. The highest BCUT2D eigenvalue weighted by atomic mass is 35.5. The van der Waals surface area contributed by atoms with E-state index in [1.807, 2.05) is 0 Å². The molecule has 0 saturated carbocycles. The molecule has 0 atom stereocenters. The Morgan fingerprint density at radius 1 is 1.60 bits per heavy atom. The fourth-order valence-corrected chi connectivity index (χ4v) is 0.618. The smallest absolute Gasteiger partial charge is 0.135 e. The van der Waals surface area contributed by atoms with Crippen LogP contribution in [0.1, 0.15) is 0 Å². The first-order valence-electron chi connectivity index (χ1n) is 2.80. The molecule has 0 N–H and O–H groups in total. The maximum Gasteiger partial charge on any atom is 0.135 e. The molecule has 2 nitrogen and oxygen atoms in total. The van der Waals surface area contributed by atoms with Crippen LogP contribution in [0.2, 0.25) is 0 Å². The summed E-state index contributed by atoms with van der Waals surface area (Å²) in [4.78, 5) is 0. The maximum absolute atomic E-state index is 5.54. The van der Waals surface area contributed by atoms with Crippen LogP contribution in [0.15, 0.2) is 23.4 Å². The van der Waals surface area contributed by atoms with Gasteiger partial charge in [0.2, 0.25) is 0 Å². The first kappa shape index (κ1) is 9.53.